The maximum absolute atomic E-state index is 12.4. The standard InChI is InChI=1S/C20H32N2O/c1-17(19-12-8-13-21-16-19)15-20(23)22(2)14-7-6-11-18-9-4-3-5-10-18/h3-5,9-10,17,19,21H,6-8,11-16H2,1-2H3. The molecule has 0 bridgehead atoms. The fourth-order valence-electron chi connectivity index (χ4n) is 3.41. The molecule has 1 aromatic carbocycles. The number of piperidine rings is 1. The zero-order valence-corrected chi connectivity index (χ0v) is 14.8. The minimum absolute atomic E-state index is 0.308. The van der Waals surface area contributed by atoms with E-state index in [0.717, 1.165) is 38.9 Å². The Labute approximate surface area is 141 Å². The van der Waals surface area contributed by atoms with Crippen molar-refractivity contribution in [2.45, 2.75) is 45.4 Å². The molecule has 1 amide bonds. The maximum Gasteiger partial charge on any atom is 0.222 e. The average molecular weight is 316 g/mol. The van der Waals surface area contributed by atoms with Crippen molar-refractivity contribution >= 4 is 5.91 Å². The average Bonchev–Trinajstić information content (AvgIpc) is 2.60. The number of hydrogen-bond donors (Lipinski definition) is 1. The third kappa shape index (κ3) is 6.34. The van der Waals surface area contributed by atoms with Crippen LogP contribution in [0.15, 0.2) is 30.3 Å². The van der Waals surface area contributed by atoms with E-state index in [2.05, 4.69) is 42.6 Å². The Kier molecular flexibility index (Phi) is 7.60. The van der Waals surface area contributed by atoms with Crippen molar-refractivity contribution in [1.82, 2.24) is 10.2 Å². The van der Waals surface area contributed by atoms with Crippen molar-refractivity contribution in [2.24, 2.45) is 11.8 Å². The quantitative estimate of drug-likeness (QED) is 0.745. The molecule has 1 heterocycles. The van der Waals surface area contributed by atoms with Gasteiger partial charge in [0.05, 0.1) is 0 Å². The number of benzene rings is 1. The summed E-state index contributed by atoms with van der Waals surface area (Å²) in [5, 5.41) is 3.45. The molecule has 1 N–H and O–H groups in total. The van der Waals surface area contributed by atoms with Crippen LogP contribution in [0.3, 0.4) is 0 Å². The van der Waals surface area contributed by atoms with Gasteiger partial charge in [0.2, 0.25) is 5.91 Å². The molecule has 128 valence electrons. The van der Waals surface area contributed by atoms with Gasteiger partial charge in [0, 0.05) is 20.0 Å². The van der Waals surface area contributed by atoms with Crippen molar-refractivity contribution in [3.05, 3.63) is 35.9 Å². The summed E-state index contributed by atoms with van der Waals surface area (Å²) in [6.45, 7) is 5.33. The zero-order chi connectivity index (χ0) is 16.5. The number of hydrogen-bond acceptors (Lipinski definition) is 2. The number of carbonyl (C=O) groups excluding carboxylic acids is 1. The van der Waals surface area contributed by atoms with Crippen molar-refractivity contribution < 1.29 is 4.79 Å². The first-order valence-electron chi connectivity index (χ1n) is 9.15. The molecule has 0 aliphatic carbocycles. The van der Waals surface area contributed by atoms with Crippen LogP contribution in [0.25, 0.3) is 0 Å². The molecule has 2 unspecified atom stereocenters. The lowest BCUT2D eigenvalue weighted by atomic mass is 9.85. The highest BCUT2D eigenvalue weighted by Crippen LogP contribution is 2.23. The minimum atomic E-state index is 0.308. The topological polar surface area (TPSA) is 32.3 Å². The first-order valence-corrected chi connectivity index (χ1v) is 9.15. The maximum atomic E-state index is 12.4. The van der Waals surface area contributed by atoms with Gasteiger partial charge in [-0.3, -0.25) is 4.79 Å². The highest BCUT2D eigenvalue weighted by molar-refractivity contribution is 5.76. The second kappa shape index (κ2) is 9.71. The number of amides is 1. The van der Waals surface area contributed by atoms with Gasteiger partial charge in [0.25, 0.3) is 0 Å². The number of carbonyl (C=O) groups is 1. The molecule has 1 fully saturated rings. The third-order valence-electron chi connectivity index (χ3n) is 5.11. The third-order valence-corrected chi connectivity index (χ3v) is 5.11. The fourth-order valence-corrected chi connectivity index (χ4v) is 3.41. The molecule has 1 aliphatic rings. The van der Waals surface area contributed by atoms with Gasteiger partial charge in [0.15, 0.2) is 0 Å². The number of unbranched alkanes of at least 4 members (excludes halogenated alkanes) is 1. The van der Waals surface area contributed by atoms with Gasteiger partial charge in [-0.15, -0.1) is 0 Å². The van der Waals surface area contributed by atoms with Gasteiger partial charge in [-0.1, -0.05) is 37.3 Å². The normalized spacial score (nSPS) is 19.3. The van der Waals surface area contributed by atoms with E-state index in [0.29, 0.717) is 24.2 Å². The molecule has 0 saturated carbocycles. The molecule has 3 nitrogen and oxygen atoms in total. The largest absolute Gasteiger partial charge is 0.346 e. The monoisotopic (exact) mass is 316 g/mol. The molecule has 0 radical (unpaired) electrons. The Morgan fingerprint density at radius 1 is 1.30 bits per heavy atom. The summed E-state index contributed by atoms with van der Waals surface area (Å²) in [6.07, 6.45) is 6.54. The lowest BCUT2D eigenvalue weighted by molar-refractivity contribution is -0.131. The number of rotatable bonds is 8. The van der Waals surface area contributed by atoms with Crippen molar-refractivity contribution in [3.8, 4) is 0 Å². The molecule has 23 heavy (non-hydrogen) atoms. The predicted octanol–water partition coefficient (Wildman–Crippen LogP) is 3.49. The van der Waals surface area contributed by atoms with Crippen LogP contribution >= 0.6 is 0 Å². The summed E-state index contributed by atoms with van der Waals surface area (Å²) in [4.78, 5) is 14.3. The van der Waals surface area contributed by atoms with Crippen LogP contribution in [-0.2, 0) is 11.2 Å². The van der Waals surface area contributed by atoms with E-state index in [1.54, 1.807) is 0 Å². The van der Waals surface area contributed by atoms with Gasteiger partial charge in [-0.05, 0) is 62.6 Å². The van der Waals surface area contributed by atoms with E-state index in [4.69, 9.17) is 0 Å². The molecule has 0 aromatic heterocycles. The zero-order valence-electron chi connectivity index (χ0n) is 14.8. The molecular formula is C20H32N2O. The van der Waals surface area contributed by atoms with Crippen LogP contribution in [0.4, 0.5) is 0 Å². The Balaban J connectivity index is 1.62. The molecule has 2 atom stereocenters. The highest BCUT2D eigenvalue weighted by Gasteiger charge is 2.23. The first-order chi connectivity index (χ1) is 11.2. The summed E-state index contributed by atoms with van der Waals surface area (Å²) in [6, 6.07) is 10.6. The second-order valence-electron chi connectivity index (χ2n) is 7.05. The van der Waals surface area contributed by atoms with Crippen molar-refractivity contribution in [2.75, 3.05) is 26.7 Å². The number of aryl methyl sites for hydroxylation is 1. The first kappa shape index (κ1) is 18.0. The summed E-state index contributed by atoms with van der Waals surface area (Å²) in [5.41, 5.74) is 1.39. The van der Waals surface area contributed by atoms with E-state index in [1.165, 1.54) is 18.4 Å². The molecule has 2 rings (SSSR count). The summed E-state index contributed by atoms with van der Waals surface area (Å²) in [5.74, 6) is 1.46. The highest BCUT2D eigenvalue weighted by atomic mass is 16.2. The predicted molar refractivity (Wildman–Crippen MR) is 96.4 cm³/mol. The summed E-state index contributed by atoms with van der Waals surface area (Å²) in [7, 11) is 1.96. The molecule has 1 aromatic rings. The van der Waals surface area contributed by atoms with E-state index >= 15 is 0 Å². The van der Waals surface area contributed by atoms with E-state index in [9.17, 15) is 4.79 Å². The van der Waals surface area contributed by atoms with Crippen molar-refractivity contribution in [1.29, 1.82) is 0 Å². The molecule has 3 heteroatoms. The lowest BCUT2D eigenvalue weighted by Gasteiger charge is -2.29. The van der Waals surface area contributed by atoms with E-state index < -0.39 is 0 Å². The van der Waals surface area contributed by atoms with Crippen molar-refractivity contribution in [3.63, 3.8) is 0 Å². The van der Waals surface area contributed by atoms with Crippen LogP contribution in [0.2, 0.25) is 0 Å². The van der Waals surface area contributed by atoms with Crippen LogP contribution in [0, 0.1) is 11.8 Å². The van der Waals surface area contributed by atoms with Crippen LogP contribution in [0.5, 0.6) is 0 Å². The van der Waals surface area contributed by atoms with Crippen LogP contribution in [0.1, 0.15) is 44.6 Å². The van der Waals surface area contributed by atoms with Crippen LogP contribution < -0.4 is 5.32 Å². The Morgan fingerprint density at radius 2 is 2.09 bits per heavy atom. The van der Waals surface area contributed by atoms with Gasteiger partial charge < -0.3 is 10.2 Å². The van der Waals surface area contributed by atoms with Crippen LogP contribution in [-0.4, -0.2) is 37.5 Å². The summed E-state index contributed by atoms with van der Waals surface area (Å²) >= 11 is 0. The number of nitrogens with zero attached hydrogens (tertiary/aromatic N) is 1. The summed E-state index contributed by atoms with van der Waals surface area (Å²) < 4.78 is 0. The van der Waals surface area contributed by atoms with Gasteiger partial charge in [-0.2, -0.15) is 0 Å². The SMILES string of the molecule is CC(CC(=O)N(C)CCCCc1ccccc1)C1CCCNC1. The fraction of sp³-hybridized carbons (Fsp3) is 0.650. The molecule has 1 saturated heterocycles. The lowest BCUT2D eigenvalue weighted by Crippen LogP contribution is -2.36. The van der Waals surface area contributed by atoms with Gasteiger partial charge in [-0.25, -0.2) is 0 Å². The smallest absolute Gasteiger partial charge is 0.222 e. The van der Waals surface area contributed by atoms with Gasteiger partial charge in [0.1, 0.15) is 0 Å². The van der Waals surface area contributed by atoms with Gasteiger partial charge >= 0.3 is 0 Å². The number of nitrogens with one attached hydrogen (secondary N) is 1. The second-order valence-corrected chi connectivity index (χ2v) is 7.05. The van der Waals surface area contributed by atoms with E-state index in [1.807, 2.05) is 11.9 Å². The Morgan fingerprint density at radius 3 is 2.78 bits per heavy atom. The minimum Gasteiger partial charge on any atom is -0.346 e. The Hall–Kier alpha value is -1.35. The molecular weight excluding hydrogens is 284 g/mol. The van der Waals surface area contributed by atoms with E-state index in [-0.39, 0.29) is 0 Å². The molecule has 0 spiro atoms. The Bertz CT molecular complexity index is 454. The molecule has 1 aliphatic heterocycles.